The molecule has 0 radical (unpaired) electrons. The lowest BCUT2D eigenvalue weighted by Gasteiger charge is -2.52. The summed E-state index contributed by atoms with van der Waals surface area (Å²) in [6.45, 7) is 13.0. The summed E-state index contributed by atoms with van der Waals surface area (Å²) in [6.07, 6.45) is 12.9. The van der Waals surface area contributed by atoms with Crippen molar-refractivity contribution in [2.75, 3.05) is 0 Å². The SMILES string of the molecule is C[C@H]1CCC[C@]2(C)CC[C@H]3C(C)(C)C[C@]4(C)CC=C1C324. The molecule has 0 N–H and O–H groups in total. The second-order valence-corrected chi connectivity index (χ2v) is 9.84. The lowest BCUT2D eigenvalue weighted by atomic mass is 9.51. The zero-order chi connectivity index (χ0) is 14.4. The molecule has 4 aliphatic carbocycles. The molecule has 5 atom stereocenters. The van der Waals surface area contributed by atoms with E-state index in [9.17, 15) is 0 Å². The van der Waals surface area contributed by atoms with E-state index >= 15 is 0 Å². The fourth-order valence-electron chi connectivity index (χ4n) is 8.18. The fourth-order valence-corrected chi connectivity index (χ4v) is 8.18. The van der Waals surface area contributed by atoms with Gasteiger partial charge in [-0.25, -0.2) is 0 Å². The topological polar surface area (TPSA) is 0 Å². The molecule has 0 bridgehead atoms. The predicted molar refractivity (Wildman–Crippen MR) is 85.5 cm³/mol. The summed E-state index contributed by atoms with van der Waals surface area (Å²) in [5.74, 6) is 1.78. The molecule has 0 amide bonds. The molecule has 0 aromatic rings. The van der Waals surface area contributed by atoms with Gasteiger partial charge in [-0.3, -0.25) is 0 Å². The molecular weight excluding hydrogens is 240 g/mol. The summed E-state index contributed by atoms with van der Waals surface area (Å²) >= 11 is 0. The van der Waals surface area contributed by atoms with Gasteiger partial charge in [-0.05, 0) is 66.6 Å². The smallest absolute Gasteiger partial charge is 0.00584 e. The highest BCUT2D eigenvalue weighted by Gasteiger charge is 2.75. The minimum Gasteiger partial charge on any atom is -0.0839 e. The Balaban J connectivity index is 1.99. The first-order valence-corrected chi connectivity index (χ1v) is 8.97. The first kappa shape index (κ1) is 13.4. The van der Waals surface area contributed by atoms with Gasteiger partial charge in [-0.15, -0.1) is 0 Å². The molecule has 0 nitrogen and oxygen atoms in total. The Morgan fingerprint density at radius 3 is 2.50 bits per heavy atom. The number of allylic oxidation sites excluding steroid dienone is 2. The lowest BCUT2D eigenvalue weighted by Crippen LogP contribution is -2.47. The Bertz CT molecular complexity index is 484. The standard InChI is InChI=1S/C20H32/c1-14-7-6-10-18(4)12-9-16-17(2,3)13-19(5)11-8-15(14)20(16,18)19/h8,14,16H,6-7,9-13H2,1-5H3/t14-,16-,18+,19-,20?/m0/s1. The third-order valence-corrected chi connectivity index (χ3v) is 8.33. The molecule has 4 rings (SSSR count). The van der Waals surface area contributed by atoms with E-state index < -0.39 is 0 Å². The minimum absolute atomic E-state index is 0.552. The maximum atomic E-state index is 2.71. The van der Waals surface area contributed by atoms with Crippen LogP contribution in [0.25, 0.3) is 0 Å². The number of hydrogen-bond acceptors (Lipinski definition) is 0. The number of hydrogen-bond donors (Lipinski definition) is 0. The van der Waals surface area contributed by atoms with Gasteiger partial charge in [0.2, 0.25) is 0 Å². The molecule has 0 saturated heterocycles. The summed E-state index contributed by atoms with van der Waals surface area (Å²) in [4.78, 5) is 0. The van der Waals surface area contributed by atoms with Gasteiger partial charge in [0, 0.05) is 5.41 Å². The van der Waals surface area contributed by atoms with Crippen LogP contribution >= 0.6 is 0 Å². The van der Waals surface area contributed by atoms with Crippen molar-refractivity contribution < 1.29 is 0 Å². The molecular formula is C20H32. The van der Waals surface area contributed by atoms with Crippen molar-refractivity contribution >= 4 is 0 Å². The molecule has 0 aromatic heterocycles. The molecule has 1 unspecified atom stereocenters. The Labute approximate surface area is 125 Å². The third-order valence-electron chi connectivity index (χ3n) is 8.33. The van der Waals surface area contributed by atoms with Crippen molar-refractivity contribution in [3.63, 3.8) is 0 Å². The van der Waals surface area contributed by atoms with E-state index in [1.165, 1.54) is 44.9 Å². The Kier molecular flexibility index (Phi) is 2.38. The Hall–Kier alpha value is -0.260. The van der Waals surface area contributed by atoms with E-state index in [1.54, 1.807) is 0 Å². The van der Waals surface area contributed by atoms with Crippen LogP contribution in [0.15, 0.2) is 11.6 Å². The highest BCUT2D eigenvalue weighted by atomic mass is 14.8. The van der Waals surface area contributed by atoms with Gasteiger partial charge < -0.3 is 0 Å². The van der Waals surface area contributed by atoms with E-state index in [1.807, 2.05) is 5.57 Å². The molecule has 112 valence electrons. The molecule has 4 aliphatic rings. The van der Waals surface area contributed by atoms with Crippen molar-refractivity contribution in [3.8, 4) is 0 Å². The van der Waals surface area contributed by atoms with Crippen LogP contribution in [0.5, 0.6) is 0 Å². The van der Waals surface area contributed by atoms with Gasteiger partial charge in [0.25, 0.3) is 0 Å². The van der Waals surface area contributed by atoms with Crippen LogP contribution < -0.4 is 0 Å². The van der Waals surface area contributed by atoms with Gasteiger partial charge in [0.15, 0.2) is 0 Å². The van der Waals surface area contributed by atoms with Gasteiger partial charge in [0.1, 0.15) is 0 Å². The maximum absolute atomic E-state index is 2.71. The summed E-state index contributed by atoms with van der Waals surface area (Å²) in [7, 11) is 0. The molecule has 3 fully saturated rings. The van der Waals surface area contributed by atoms with Crippen LogP contribution in [0.2, 0.25) is 0 Å². The summed E-state index contributed by atoms with van der Waals surface area (Å²) in [5.41, 5.74) is 4.16. The average Bonchev–Trinajstić information content (AvgIpc) is 2.82. The van der Waals surface area contributed by atoms with Gasteiger partial charge in [0.05, 0.1) is 0 Å². The van der Waals surface area contributed by atoms with Crippen molar-refractivity contribution in [3.05, 3.63) is 11.6 Å². The van der Waals surface area contributed by atoms with Crippen LogP contribution in [-0.4, -0.2) is 0 Å². The Morgan fingerprint density at radius 1 is 1.00 bits per heavy atom. The predicted octanol–water partition coefficient (Wildman–Crippen LogP) is 5.98. The van der Waals surface area contributed by atoms with E-state index in [-0.39, 0.29) is 0 Å². The molecule has 0 heterocycles. The summed E-state index contributed by atoms with van der Waals surface area (Å²) in [5, 5.41) is 0. The molecule has 0 heteroatoms. The molecule has 3 saturated carbocycles. The van der Waals surface area contributed by atoms with Crippen LogP contribution in [0.1, 0.15) is 79.6 Å². The second-order valence-electron chi connectivity index (χ2n) is 9.84. The van der Waals surface area contributed by atoms with Crippen molar-refractivity contribution in [1.82, 2.24) is 0 Å². The zero-order valence-electron chi connectivity index (χ0n) is 14.2. The van der Waals surface area contributed by atoms with Crippen LogP contribution in [0.4, 0.5) is 0 Å². The van der Waals surface area contributed by atoms with Crippen molar-refractivity contribution in [1.29, 1.82) is 0 Å². The summed E-state index contributed by atoms with van der Waals surface area (Å²) in [6, 6.07) is 0. The highest BCUT2D eigenvalue weighted by Crippen LogP contribution is 2.83. The second kappa shape index (κ2) is 3.55. The number of rotatable bonds is 0. The van der Waals surface area contributed by atoms with E-state index in [0.29, 0.717) is 21.7 Å². The fraction of sp³-hybridized carbons (Fsp3) is 0.900. The normalized spacial score (nSPS) is 56.1. The largest absolute Gasteiger partial charge is 0.0839 e. The monoisotopic (exact) mass is 272 g/mol. The van der Waals surface area contributed by atoms with E-state index in [2.05, 4.69) is 40.7 Å². The van der Waals surface area contributed by atoms with Gasteiger partial charge >= 0.3 is 0 Å². The van der Waals surface area contributed by atoms with Crippen LogP contribution in [0, 0.1) is 33.5 Å². The summed E-state index contributed by atoms with van der Waals surface area (Å²) < 4.78 is 0. The minimum atomic E-state index is 0.552. The van der Waals surface area contributed by atoms with Crippen molar-refractivity contribution in [2.24, 2.45) is 33.5 Å². The van der Waals surface area contributed by atoms with Crippen LogP contribution in [-0.2, 0) is 0 Å². The quantitative estimate of drug-likeness (QED) is 0.476. The molecule has 0 aliphatic heterocycles. The molecule has 0 aromatic carbocycles. The van der Waals surface area contributed by atoms with Crippen LogP contribution in [0.3, 0.4) is 0 Å². The highest BCUT2D eigenvalue weighted by molar-refractivity contribution is 5.40. The molecule has 1 spiro atoms. The lowest BCUT2D eigenvalue weighted by molar-refractivity contribution is -0.0000699. The first-order chi connectivity index (χ1) is 9.27. The first-order valence-electron chi connectivity index (χ1n) is 8.97. The van der Waals surface area contributed by atoms with E-state index in [4.69, 9.17) is 0 Å². The average molecular weight is 272 g/mol. The molecule has 20 heavy (non-hydrogen) atoms. The third kappa shape index (κ3) is 1.19. The maximum Gasteiger partial charge on any atom is 0.00584 e. The van der Waals surface area contributed by atoms with E-state index in [0.717, 1.165) is 11.8 Å². The zero-order valence-corrected chi connectivity index (χ0v) is 14.2. The van der Waals surface area contributed by atoms with Gasteiger partial charge in [-0.1, -0.05) is 52.7 Å². The Morgan fingerprint density at radius 2 is 1.75 bits per heavy atom. The van der Waals surface area contributed by atoms with Gasteiger partial charge in [-0.2, -0.15) is 0 Å². The van der Waals surface area contributed by atoms with Crippen molar-refractivity contribution in [2.45, 2.75) is 79.6 Å².